The van der Waals surface area contributed by atoms with Crippen LogP contribution in [0.25, 0.3) is 0 Å². The molecule has 1 fully saturated rings. The summed E-state index contributed by atoms with van der Waals surface area (Å²) in [4.78, 5) is 23.4. The molecule has 4 rings (SSSR count). The lowest BCUT2D eigenvalue weighted by molar-refractivity contribution is -0.144. The molecule has 2 aromatic rings. The first-order valence-corrected chi connectivity index (χ1v) is 9.71. The number of carboxylic acid groups (broad SMARTS) is 1. The van der Waals surface area contributed by atoms with Gasteiger partial charge < -0.3 is 19.6 Å². The Kier molecular flexibility index (Phi) is 5.90. The molecule has 0 unspecified atom stereocenters. The smallest absolute Gasteiger partial charge is 0.327 e. The number of imidazole rings is 1. The van der Waals surface area contributed by atoms with Crippen molar-refractivity contribution >= 4 is 5.97 Å². The Balaban J connectivity index is 1.37. The van der Waals surface area contributed by atoms with E-state index in [-0.39, 0.29) is 0 Å². The van der Waals surface area contributed by atoms with Gasteiger partial charge in [0.2, 0.25) is 0 Å². The van der Waals surface area contributed by atoms with Crippen molar-refractivity contribution in [2.24, 2.45) is 0 Å². The van der Waals surface area contributed by atoms with Gasteiger partial charge in [-0.2, -0.15) is 0 Å². The first-order chi connectivity index (χ1) is 13.7. The van der Waals surface area contributed by atoms with Crippen molar-refractivity contribution in [3.8, 4) is 5.75 Å². The van der Waals surface area contributed by atoms with Gasteiger partial charge in [0.25, 0.3) is 0 Å². The Bertz CT molecular complexity index is 803. The number of carbonyl (C=O) groups is 1. The van der Waals surface area contributed by atoms with Crippen molar-refractivity contribution in [1.82, 2.24) is 19.8 Å². The van der Waals surface area contributed by atoms with Crippen LogP contribution in [0.3, 0.4) is 0 Å². The molecule has 150 valence electrons. The molecule has 0 bridgehead atoms. The van der Waals surface area contributed by atoms with Crippen LogP contribution in [0.1, 0.15) is 23.0 Å². The van der Waals surface area contributed by atoms with Crippen LogP contribution in [-0.2, 0) is 22.5 Å². The minimum Gasteiger partial charge on any atom is -0.492 e. The molecule has 1 aromatic heterocycles. The summed E-state index contributed by atoms with van der Waals surface area (Å²) in [6, 6.07) is 7.19. The summed E-state index contributed by atoms with van der Waals surface area (Å²) in [5, 5.41) is 9.71. The Morgan fingerprint density at radius 2 is 2.18 bits per heavy atom. The van der Waals surface area contributed by atoms with Gasteiger partial charge in [-0.3, -0.25) is 14.6 Å². The van der Waals surface area contributed by atoms with Crippen LogP contribution in [0.2, 0.25) is 0 Å². The number of hydrogen-bond acceptors (Lipinski definition) is 6. The standard InChI is InChI=1S/C20H26N4O4/c25-20(26)19-18-17(21-14-22-18)4-5-24(19)13-15-2-1-3-16(12-15)28-11-8-23-6-9-27-10-7-23/h1-3,12,14,19H,4-11,13H2,(H,21,22)(H,25,26)/t19-/m1/s1. The average molecular weight is 386 g/mol. The van der Waals surface area contributed by atoms with Crippen LogP contribution in [-0.4, -0.2) is 76.8 Å². The highest BCUT2D eigenvalue weighted by Crippen LogP contribution is 2.29. The number of morpholine rings is 1. The molecule has 1 saturated heterocycles. The minimum atomic E-state index is -0.869. The number of aromatic nitrogens is 2. The van der Waals surface area contributed by atoms with Gasteiger partial charge in [0, 0.05) is 44.8 Å². The highest BCUT2D eigenvalue weighted by atomic mass is 16.5. The lowest BCUT2D eigenvalue weighted by Crippen LogP contribution is -2.39. The SMILES string of the molecule is O=C(O)[C@H]1c2nc[nH]c2CCN1Cc1cccc(OCCN2CCOCC2)c1. The second-order valence-corrected chi connectivity index (χ2v) is 7.18. The number of aromatic amines is 1. The third kappa shape index (κ3) is 4.35. The van der Waals surface area contributed by atoms with E-state index >= 15 is 0 Å². The molecule has 2 N–H and O–H groups in total. The molecule has 0 aliphatic carbocycles. The second kappa shape index (κ2) is 8.72. The number of nitrogens with zero attached hydrogens (tertiary/aromatic N) is 3. The lowest BCUT2D eigenvalue weighted by Gasteiger charge is -2.32. The number of H-pyrrole nitrogens is 1. The Morgan fingerprint density at radius 3 is 3.00 bits per heavy atom. The van der Waals surface area contributed by atoms with Crippen molar-refractivity contribution in [2.45, 2.75) is 19.0 Å². The van der Waals surface area contributed by atoms with Crippen LogP contribution >= 0.6 is 0 Å². The van der Waals surface area contributed by atoms with E-state index in [9.17, 15) is 9.90 Å². The van der Waals surface area contributed by atoms with Crippen molar-refractivity contribution in [3.05, 3.63) is 47.5 Å². The molecule has 8 nitrogen and oxygen atoms in total. The predicted molar refractivity (Wildman–Crippen MR) is 102 cm³/mol. The molecular weight excluding hydrogens is 360 g/mol. The molecule has 8 heteroatoms. The number of hydrogen-bond donors (Lipinski definition) is 2. The first-order valence-electron chi connectivity index (χ1n) is 9.71. The number of ether oxygens (including phenoxy) is 2. The highest BCUT2D eigenvalue weighted by molar-refractivity contribution is 5.75. The number of nitrogens with one attached hydrogen (secondary N) is 1. The fraction of sp³-hybridized carbons (Fsp3) is 0.500. The van der Waals surface area contributed by atoms with Crippen LogP contribution in [0.5, 0.6) is 5.75 Å². The van der Waals surface area contributed by atoms with Gasteiger partial charge in [-0.25, -0.2) is 4.98 Å². The molecule has 2 aliphatic heterocycles. The number of aliphatic carboxylic acids is 1. The molecule has 2 aliphatic rings. The Labute approximate surface area is 164 Å². The maximum atomic E-state index is 11.8. The van der Waals surface area contributed by atoms with Gasteiger partial charge >= 0.3 is 5.97 Å². The van der Waals surface area contributed by atoms with Crippen LogP contribution in [0.4, 0.5) is 0 Å². The molecule has 0 amide bonds. The highest BCUT2D eigenvalue weighted by Gasteiger charge is 2.35. The topological polar surface area (TPSA) is 90.9 Å². The van der Waals surface area contributed by atoms with Gasteiger partial charge in [-0.05, 0) is 17.7 Å². The van der Waals surface area contributed by atoms with Crippen molar-refractivity contribution in [2.75, 3.05) is 46.0 Å². The summed E-state index contributed by atoms with van der Waals surface area (Å²) >= 11 is 0. The minimum absolute atomic E-state index is 0.546. The van der Waals surface area contributed by atoms with Crippen LogP contribution in [0, 0.1) is 0 Å². The van der Waals surface area contributed by atoms with Gasteiger partial charge in [0.15, 0.2) is 6.04 Å². The molecule has 28 heavy (non-hydrogen) atoms. The average Bonchev–Trinajstić information content (AvgIpc) is 3.17. The zero-order chi connectivity index (χ0) is 19.3. The number of benzene rings is 1. The van der Waals surface area contributed by atoms with E-state index < -0.39 is 12.0 Å². The molecule has 1 aromatic carbocycles. The van der Waals surface area contributed by atoms with Gasteiger partial charge in [-0.1, -0.05) is 12.1 Å². The summed E-state index contributed by atoms with van der Waals surface area (Å²) in [6.45, 7) is 6.19. The fourth-order valence-electron chi connectivity index (χ4n) is 3.85. The van der Waals surface area contributed by atoms with E-state index in [4.69, 9.17) is 9.47 Å². The summed E-state index contributed by atoms with van der Waals surface area (Å²) < 4.78 is 11.3. The van der Waals surface area contributed by atoms with E-state index in [0.717, 1.165) is 56.3 Å². The molecule has 3 heterocycles. The third-order valence-corrected chi connectivity index (χ3v) is 5.32. The third-order valence-electron chi connectivity index (χ3n) is 5.32. The number of fused-ring (bicyclic) bond motifs is 1. The van der Waals surface area contributed by atoms with Crippen molar-refractivity contribution < 1.29 is 19.4 Å². The quantitative estimate of drug-likeness (QED) is 0.741. The number of carboxylic acids is 1. The molecular formula is C20H26N4O4. The van der Waals surface area contributed by atoms with E-state index in [1.807, 2.05) is 29.2 Å². The monoisotopic (exact) mass is 386 g/mol. The maximum Gasteiger partial charge on any atom is 0.327 e. The van der Waals surface area contributed by atoms with Crippen LogP contribution < -0.4 is 4.74 Å². The fourth-order valence-corrected chi connectivity index (χ4v) is 3.85. The summed E-state index contributed by atoms with van der Waals surface area (Å²) in [7, 11) is 0. The van der Waals surface area contributed by atoms with E-state index in [1.54, 1.807) is 6.33 Å². The van der Waals surface area contributed by atoms with Gasteiger partial charge in [0.05, 0.1) is 25.2 Å². The van der Waals surface area contributed by atoms with E-state index in [1.165, 1.54) is 0 Å². The Hall–Kier alpha value is -2.42. The lowest BCUT2D eigenvalue weighted by atomic mass is 10.0. The second-order valence-electron chi connectivity index (χ2n) is 7.18. The van der Waals surface area contributed by atoms with E-state index in [2.05, 4.69) is 14.9 Å². The predicted octanol–water partition coefficient (Wildman–Crippen LogP) is 1.30. The largest absolute Gasteiger partial charge is 0.492 e. The zero-order valence-corrected chi connectivity index (χ0v) is 15.8. The summed E-state index contributed by atoms with van der Waals surface area (Å²) in [6.07, 6.45) is 2.35. The van der Waals surface area contributed by atoms with Crippen molar-refractivity contribution in [3.63, 3.8) is 0 Å². The molecule has 0 spiro atoms. The molecule has 1 atom stereocenters. The van der Waals surface area contributed by atoms with Gasteiger partial charge in [0.1, 0.15) is 12.4 Å². The molecule has 0 radical (unpaired) electrons. The normalized spacial score (nSPS) is 20.6. The van der Waals surface area contributed by atoms with Gasteiger partial charge in [-0.15, -0.1) is 0 Å². The van der Waals surface area contributed by atoms with E-state index in [0.29, 0.717) is 25.4 Å². The Morgan fingerprint density at radius 1 is 1.32 bits per heavy atom. The first kappa shape index (κ1) is 18.9. The number of rotatable bonds is 7. The summed E-state index contributed by atoms with van der Waals surface area (Å²) in [5.74, 6) is -0.0546. The summed E-state index contributed by atoms with van der Waals surface area (Å²) in [5.41, 5.74) is 2.58. The van der Waals surface area contributed by atoms with Crippen LogP contribution in [0.15, 0.2) is 30.6 Å². The van der Waals surface area contributed by atoms with Crippen molar-refractivity contribution in [1.29, 1.82) is 0 Å². The molecule has 0 saturated carbocycles. The maximum absolute atomic E-state index is 11.8. The zero-order valence-electron chi connectivity index (χ0n) is 15.8.